The van der Waals surface area contributed by atoms with Gasteiger partial charge in [0, 0.05) is 44.2 Å². The van der Waals surface area contributed by atoms with E-state index in [1.807, 2.05) is 6.20 Å². The quantitative estimate of drug-likeness (QED) is 0.234. The molecule has 0 fully saturated rings. The second-order valence-electron chi connectivity index (χ2n) is 4.98. The number of thiazole rings is 1. The van der Waals surface area contributed by atoms with Gasteiger partial charge in [-0.15, -0.1) is 35.3 Å². The first-order chi connectivity index (χ1) is 11.7. The summed E-state index contributed by atoms with van der Waals surface area (Å²) < 4.78 is 5.03. The Hall–Kier alpha value is -1.62. The third-order valence-electron chi connectivity index (χ3n) is 3.25. The van der Waals surface area contributed by atoms with Crippen LogP contribution >= 0.6 is 35.3 Å². The highest BCUT2D eigenvalue weighted by Crippen LogP contribution is 2.13. The zero-order valence-corrected chi connectivity index (χ0v) is 17.5. The van der Waals surface area contributed by atoms with Crippen LogP contribution in [0.5, 0.6) is 0 Å². The fourth-order valence-electron chi connectivity index (χ4n) is 1.99. The number of halogens is 1. The van der Waals surface area contributed by atoms with Crippen LogP contribution in [0.2, 0.25) is 0 Å². The molecule has 25 heavy (non-hydrogen) atoms. The smallest absolute Gasteiger partial charge is 0.287 e. The maximum Gasteiger partial charge on any atom is 0.287 e. The molecule has 0 aromatic carbocycles. The molecule has 2 aromatic heterocycles. The minimum absolute atomic E-state index is 0. The first kappa shape index (κ1) is 21.4. The Morgan fingerprint density at radius 3 is 2.68 bits per heavy atom. The van der Waals surface area contributed by atoms with Crippen LogP contribution in [0.1, 0.15) is 27.4 Å². The lowest BCUT2D eigenvalue weighted by atomic mass is 10.4. The van der Waals surface area contributed by atoms with Crippen LogP contribution in [0.15, 0.2) is 34.0 Å². The van der Waals surface area contributed by atoms with Crippen molar-refractivity contribution in [2.75, 3.05) is 26.7 Å². The van der Waals surface area contributed by atoms with Crippen LogP contribution in [-0.4, -0.2) is 43.5 Å². The molecular formula is C16H24IN5O2S. The van der Waals surface area contributed by atoms with Crippen molar-refractivity contribution in [2.45, 2.75) is 19.8 Å². The van der Waals surface area contributed by atoms with Gasteiger partial charge in [-0.05, 0) is 18.6 Å². The topological polar surface area (TPSA) is 91.5 Å². The SMILES string of the molecule is CCc1cnc(CCNC(=NC)NCCNC(=O)c2ccco2)s1.I. The lowest BCUT2D eigenvalue weighted by Gasteiger charge is -2.11. The lowest BCUT2D eigenvalue weighted by molar-refractivity contribution is 0.0926. The Kier molecular flexibility index (Phi) is 10.2. The van der Waals surface area contributed by atoms with Crippen LogP contribution in [0.3, 0.4) is 0 Å². The second-order valence-corrected chi connectivity index (χ2v) is 6.18. The number of rotatable bonds is 8. The van der Waals surface area contributed by atoms with Crippen LogP contribution < -0.4 is 16.0 Å². The predicted molar refractivity (Wildman–Crippen MR) is 111 cm³/mol. The molecule has 2 rings (SSSR count). The predicted octanol–water partition coefficient (Wildman–Crippen LogP) is 2.05. The van der Waals surface area contributed by atoms with Gasteiger partial charge in [0.2, 0.25) is 0 Å². The Bertz CT molecular complexity index is 657. The third-order valence-corrected chi connectivity index (χ3v) is 4.45. The summed E-state index contributed by atoms with van der Waals surface area (Å²) in [7, 11) is 1.72. The van der Waals surface area contributed by atoms with E-state index in [4.69, 9.17) is 4.42 Å². The van der Waals surface area contributed by atoms with E-state index in [2.05, 4.69) is 32.9 Å². The minimum Gasteiger partial charge on any atom is -0.459 e. The molecule has 0 atom stereocenters. The molecule has 138 valence electrons. The number of amides is 1. The average molecular weight is 477 g/mol. The van der Waals surface area contributed by atoms with Gasteiger partial charge in [-0.25, -0.2) is 4.98 Å². The Balaban J connectivity index is 0.00000312. The number of hydrogen-bond acceptors (Lipinski definition) is 5. The van der Waals surface area contributed by atoms with Crippen molar-refractivity contribution in [1.82, 2.24) is 20.9 Å². The Morgan fingerprint density at radius 1 is 1.28 bits per heavy atom. The van der Waals surface area contributed by atoms with Crippen molar-refractivity contribution < 1.29 is 9.21 Å². The van der Waals surface area contributed by atoms with Gasteiger partial charge in [0.25, 0.3) is 5.91 Å². The summed E-state index contributed by atoms with van der Waals surface area (Å²) in [5, 5.41) is 10.3. The molecule has 7 nitrogen and oxygen atoms in total. The van der Waals surface area contributed by atoms with E-state index in [1.54, 1.807) is 30.5 Å². The molecule has 0 spiro atoms. The molecule has 0 unspecified atom stereocenters. The summed E-state index contributed by atoms with van der Waals surface area (Å²) in [5.41, 5.74) is 0. The summed E-state index contributed by atoms with van der Waals surface area (Å²) in [6.45, 7) is 3.94. The van der Waals surface area contributed by atoms with Crippen molar-refractivity contribution in [1.29, 1.82) is 0 Å². The second kappa shape index (κ2) is 11.9. The number of aliphatic imine (C=N–C) groups is 1. The zero-order valence-electron chi connectivity index (χ0n) is 14.4. The van der Waals surface area contributed by atoms with E-state index >= 15 is 0 Å². The summed E-state index contributed by atoms with van der Waals surface area (Å²) in [5.74, 6) is 0.794. The van der Waals surface area contributed by atoms with E-state index in [9.17, 15) is 4.79 Å². The molecule has 1 amide bonds. The number of hydrogen-bond donors (Lipinski definition) is 3. The van der Waals surface area contributed by atoms with E-state index < -0.39 is 0 Å². The monoisotopic (exact) mass is 477 g/mol. The normalized spacial score (nSPS) is 10.9. The van der Waals surface area contributed by atoms with Gasteiger partial charge in [0.1, 0.15) is 0 Å². The molecule has 0 aliphatic rings. The highest BCUT2D eigenvalue weighted by atomic mass is 127. The fraction of sp³-hybridized carbons (Fsp3) is 0.438. The third kappa shape index (κ3) is 7.43. The fourth-order valence-corrected chi connectivity index (χ4v) is 2.85. The minimum atomic E-state index is -0.222. The highest BCUT2D eigenvalue weighted by molar-refractivity contribution is 14.0. The van der Waals surface area contributed by atoms with Crippen molar-refractivity contribution in [3.8, 4) is 0 Å². The summed E-state index contributed by atoms with van der Waals surface area (Å²) in [6, 6.07) is 3.32. The Morgan fingerprint density at radius 2 is 2.04 bits per heavy atom. The summed E-state index contributed by atoms with van der Waals surface area (Å²) in [6.07, 6.45) is 5.30. The number of nitrogens with one attached hydrogen (secondary N) is 3. The number of carbonyl (C=O) groups is 1. The molecule has 0 radical (unpaired) electrons. The average Bonchev–Trinajstić information content (AvgIpc) is 3.28. The molecule has 9 heteroatoms. The van der Waals surface area contributed by atoms with Crippen LogP contribution in [0, 0.1) is 0 Å². The van der Waals surface area contributed by atoms with Gasteiger partial charge >= 0.3 is 0 Å². The van der Waals surface area contributed by atoms with E-state index in [1.165, 1.54) is 11.1 Å². The molecule has 2 heterocycles. The molecule has 0 bridgehead atoms. The van der Waals surface area contributed by atoms with Gasteiger partial charge in [-0.1, -0.05) is 6.92 Å². The first-order valence-electron chi connectivity index (χ1n) is 7.92. The molecule has 0 aliphatic carbocycles. The lowest BCUT2D eigenvalue weighted by Crippen LogP contribution is -2.42. The zero-order chi connectivity index (χ0) is 17.2. The van der Waals surface area contributed by atoms with Crippen molar-refractivity contribution in [2.24, 2.45) is 4.99 Å². The van der Waals surface area contributed by atoms with E-state index in [0.29, 0.717) is 24.8 Å². The first-order valence-corrected chi connectivity index (χ1v) is 8.74. The summed E-state index contributed by atoms with van der Waals surface area (Å²) in [4.78, 5) is 21.5. The van der Waals surface area contributed by atoms with Crippen molar-refractivity contribution >= 4 is 47.2 Å². The van der Waals surface area contributed by atoms with Crippen molar-refractivity contribution in [3.05, 3.63) is 40.2 Å². The van der Waals surface area contributed by atoms with Gasteiger partial charge in [0.15, 0.2) is 11.7 Å². The number of guanidine groups is 1. The largest absolute Gasteiger partial charge is 0.459 e. The van der Waals surface area contributed by atoms with Gasteiger partial charge in [0.05, 0.1) is 11.3 Å². The molecule has 3 N–H and O–H groups in total. The number of aromatic nitrogens is 1. The van der Waals surface area contributed by atoms with Gasteiger partial charge < -0.3 is 20.4 Å². The number of aryl methyl sites for hydroxylation is 1. The van der Waals surface area contributed by atoms with E-state index in [0.717, 1.165) is 24.4 Å². The number of carbonyl (C=O) groups excluding carboxylic acids is 1. The van der Waals surface area contributed by atoms with Crippen LogP contribution in [0.25, 0.3) is 0 Å². The molecule has 0 aliphatic heterocycles. The molecular weight excluding hydrogens is 453 g/mol. The number of nitrogens with zero attached hydrogens (tertiary/aromatic N) is 2. The highest BCUT2D eigenvalue weighted by Gasteiger charge is 2.07. The van der Waals surface area contributed by atoms with Crippen LogP contribution in [-0.2, 0) is 12.8 Å². The maximum atomic E-state index is 11.7. The molecule has 0 saturated heterocycles. The van der Waals surface area contributed by atoms with Crippen molar-refractivity contribution in [3.63, 3.8) is 0 Å². The van der Waals surface area contributed by atoms with E-state index in [-0.39, 0.29) is 29.9 Å². The van der Waals surface area contributed by atoms with Gasteiger partial charge in [-0.3, -0.25) is 9.79 Å². The molecule has 0 saturated carbocycles. The standard InChI is InChI=1S/C16H23N5O2S.HI/c1-3-12-11-21-14(24-12)6-7-19-16(17-2)20-9-8-18-15(22)13-5-4-10-23-13;/h4-5,10-11H,3,6-9H2,1-2H3,(H,18,22)(H2,17,19,20);1H. The van der Waals surface area contributed by atoms with Crippen LogP contribution in [0.4, 0.5) is 0 Å². The molecule has 2 aromatic rings. The summed E-state index contributed by atoms with van der Waals surface area (Å²) >= 11 is 1.75. The number of furan rings is 1. The maximum absolute atomic E-state index is 11.7. The Labute approximate surface area is 168 Å². The van der Waals surface area contributed by atoms with Gasteiger partial charge in [-0.2, -0.15) is 0 Å².